The van der Waals surface area contributed by atoms with Crippen molar-refractivity contribution in [2.24, 2.45) is 0 Å². The maximum absolute atomic E-state index is 11.5. The van der Waals surface area contributed by atoms with Crippen LogP contribution < -0.4 is 4.72 Å². The van der Waals surface area contributed by atoms with Crippen LogP contribution >= 0.6 is 15.9 Å². The molecule has 0 aliphatic heterocycles. The summed E-state index contributed by atoms with van der Waals surface area (Å²) < 4.78 is 26.4. The second kappa shape index (κ2) is 5.16. The Hall–Kier alpha value is -0.590. The molecule has 16 heavy (non-hydrogen) atoms. The number of aryl methyl sites for hydroxylation is 2. The lowest BCUT2D eigenvalue weighted by atomic mass is 10.1. The predicted molar refractivity (Wildman–Crippen MR) is 68.1 cm³/mol. The number of sulfonamides is 1. The van der Waals surface area contributed by atoms with Gasteiger partial charge >= 0.3 is 0 Å². The van der Waals surface area contributed by atoms with Crippen molar-refractivity contribution >= 4 is 31.6 Å². The van der Waals surface area contributed by atoms with Crippen LogP contribution in [0.15, 0.2) is 16.6 Å². The van der Waals surface area contributed by atoms with Gasteiger partial charge in [-0.15, -0.1) is 0 Å². The van der Waals surface area contributed by atoms with Crippen molar-refractivity contribution in [3.05, 3.63) is 27.7 Å². The van der Waals surface area contributed by atoms with Crippen LogP contribution in [-0.2, 0) is 10.0 Å². The van der Waals surface area contributed by atoms with Crippen molar-refractivity contribution in [3.63, 3.8) is 0 Å². The quantitative estimate of drug-likeness (QED) is 0.891. The first-order valence-electron chi connectivity index (χ1n) is 4.74. The lowest BCUT2D eigenvalue weighted by Crippen LogP contribution is -2.20. The molecule has 2 N–H and O–H groups in total. The van der Waals surface area contributed by atoms with Gasteiger partial charge in [-0.25, -0.2) is 8.42 Å². The summed E-state index contributed by atoms with van der Waals surface area (Å²) in [6.45, 7) is 3.27. The molecule has 4 nitrogen and oxygen atoms in total. The largest absolute Gasteiger partial charge is 0.395 e. The van der Waals surface area contributed by atoms with Gasteiger partial charge < -0.3 is 5.11 Å². The minimum absolute atomic E-state index is 0.290. The summed E-state index contributed by atoms with van der Waals surface area (Å²) in [6.07, 6.45) is 0. The molecule has 0 bridgehead atoms. The minimum atomic E-state index is -3.46. The van der Waals surface area contributed by atoms with E-state index < -0.39 is 10.0 Å². The SMILES string of the molecule is Cc1cc(Br)cc(C)c1NS(=O)(=O)CCO. The standard InChI is InChI=1S/C10H14BrNO3S/c1-7-5-9(11)6-8(2)10(7)12-16(14,15)4-3-13/h5-6,12-13H,3-4H2,1-2H3. The van der Waals surface area contributed by atoms with E-state index in [0.29, 0.717) is 5.69 Å². The Morgan fingerprint density at radius 1 is 1.31 bits per heavy atom. The van der Waals surface area contributed by atoms with Gasteiger partial charge in [0.05, 0.1) is 18.0 Å². The van der Waals surface area contributed by atoms with E-state index in [-0.39, 0.29) is 12.4 Å². The van der Waals surface area contributed by atoms with E-state index in [1.165, 1.54) is 0 Å². The first kappa shape index (κ1) is 13.5. The third kappa shape index (κ3) is 3.47. The van der Waals surface area contributed by atoms with Crippen molar-refractivity contribution < 1.29 is 13.5 Å². The zero-order valence-electron chi connectivity index (χ0n) is 9.12. The van der Waals surface area contributed by atoms with Crippen molar-refractivity contribution in [1.29, 1.82) is 0 Å². The van der Waals surface area contributed by atoms with Gasteiger partial charge in [0.2, 0.25) is 10.0 Å². The summed E-state index contributed by atoms with van der Waals surface area (Å²) in [5.41, 5.74) is 2.26. The van der Waals surface area contributed by atoms with Crippen LogP contribution in [0, 0.1) is 13.8 Å². The highest BCUT2D eigenvalue weighted by atomic mass is 79.9. The summed E-state index contributed by atoms with van der Waals surface area (Å²) >= 11 is 3.34. The highest BCUT2D eigenvalue weighted by Crippen LogP contribution is 2.25. The molecule has 0 amide bonds. The van der Waals surface area contributed by atoms with Gasteiger partial charge in [0.25, 0.3) is 0 Å². The number of hydrogen-bond acceptors (Lipinski definition) is 3. The number of nitrogens with one attached hydrogen (secondary N) is 1. The molecule has 90 valence electrons. The van der Waals surface area contributed by atoms with E-state index >= 15 is 0 Å². The maximum Gasteiger partial charge on any atom is 0.235 e. The molecular weight excluding hydrogens is 294 g/mol. The maximum atomic E-state index is 11.5. The van der Waals surface area contributed by atoms with E-state index in [2.05, 4.69) is 20.7 Å². The normalized spacial score (nSPS) is 11.5. The number of aliphatic hydroxyl groups excluding tert-OH is 1. The average molecular weight is 308 g/mol. The van der Waals surface area contributed by atoms with E-state index in [1.807, 2.05) is 26.0 Å². The molecule has 1 aromatic rings. The first-order valence-corrected chi connectivity index (χ1v) is 7.18. The van der Waals surface area contributed by atoms with Gasteiger partial charge in [-0.2, -0.15) is 0 Å². The molecular formula is C10H14BrNO3S. The zero-order valence-corrected chi connectivity index (χ0v) is 11.5. The van der Waals surface area contributed by atoms with Crippen LogP contribution in [-0.4, -0.2) is 25.9 Å². The van der Waals surface area contributed by atoms with Crippen LogP contribution in [0.3, 0.4) is 0 Å². The second-order valence-corrected chi connectivity index (χ2v) is 6.32. The van der Waals surface area contributed by atoms with Gasteiger partial charge in [0.1, 0.15) is 0 Å². The molecule has 0 aliphatic carbocycles. The minimum Gasteiger partial charge on any atom is -0.395 e. The molecule has 0 unspecified atom stereocenters. The Morgan fingerprint density at radius 3 is 2.25 bits per heavy atom. The highest BCUT2D eigenvalue weighted by Gasteiger charge is 2.13. The molecule has 0 aliphatic rings. The smallest absolute Gasteiger partial charge is 0.235 e. The van der Waals surface area contributed by atoms with Gasteiger partial charge in [-0.1, -0.05) is 15.9 Å². The number of benzene rings is 1. The Kier molecular flexibility index (Phi) is 4.35. The van der Waals surface area contributed by atoms with Gasteiger partial charge in [-0.05, 0) is 37.1 Å². The van der Waals surface area contributed by atoms with Crippen molar-refractivity contribution in [1.82, 2.24) is 0 Å². The van der Waals surface area contributed by atoms with Gasteiger partial charge in [0, 0.05) is 4.47 Å². The fourth-order valence-electron chi connectivity index (χ4n) is 1.40. The molecule has 0 heterocycles. The van der Waals surface area contributed by atoms with E-state index in [9.17, 15) is 8.42 Å². The van der Waals surface area contributed by atoms with Crippen LogP contribution in [0.5, 0.6) is 0 Å². The molecule has 0 radical (unpaired) electrons. The molecule has 1 aromatic carbocycles. The number of anilines is 1. The number of aliphatic hydroxyl groups is 1. The summed E-state index contributed by atoms with van der Waals surface area (Å²) in [7, 11) is -3.46. The summed E-state index contributed by atoms with van der Waals surface area (Å²) in [5, 5.41) is 8.64. The van der Waals surface area contributed by atoms with E-state index in [1.54, 1.807) is 0 Å². The molecule has 0 saturated heterocycles. The van der Waals surface area contributed by atoms with Gasteiger partial charge in [0.15, 0.2) is 0 Å². The number of hydrogen-bond donors (Lipinski definition) is 2. The molecule has 0 aromatic heterocycles. The second-order valence-electron chi connectivity index (χ2n) is 3.56. The zero-order chi connectivity index (χ0) is 12.3. The average Bonchev–Trinajstić information content (AvgIpc) is 2.11. The van der Waals surface area contributed by atoms with Crippen LogP contribution in [0.25, 0.3) is 0 Å². The molecule has 0 fully saturated rings. The monoisotopic (exact) mass is 307 g/mol. The third-order valence-corrected chi connectivity index (χ3v) is 3.81. The number of rotatable bonds is 4. The van der Waals surface area contributed by atoms with Crippen molar-refractivity contribution in [2.75, 3.05) is 17.1 Å². The molecule has 0 spiro atoms. The van der Waals surface area contributed by atoms with E-state index in [0.717, 1.165) is 15.6 Å². The summed E-state index contributed by atoms with van der Waals surface area (Å²) in [6, 6.07) is 3.67. The lowest BCUT2D eigenvalue weighted by Gasteiger charge is -2.13. The van der Waals surface area contributed by atoms with Crippen LogP contribution in [0.4, 0.5) is 5.69 Å². The van der Waals surface area contributed by atoms with Crippen LogP contribution in [0.1, 0.15) is 11.1 Å². The van der Waals surface area contributed by atoms with E-state index in [4.69, 9.17) is 5.11 Å². The Morgan fingerprint density at radius 2 is 1.81 bits per heavy atom. The molecule has 0 atom stereocenters. The highest BCUT2D eigenvalue weighted by molar-refractivity contribution is 9.10. The molecule has 1 rings (SSSR count). The molecule has 6 heteroatoms. The fraction of sp³-hybridized carbons (Fsp3) is 0.400. The van der Waals surface area contributed by atoms with Gasteiger partial charge in [-0.3, -0.25) is 4.72 Å². The van der Waals surface area contributed by atoms with Crippen molar-refractivity contribution in [2.45, 2.75) is 13.8 Å². The summed E-state index contributed by atoms with van der Waals surface area (Å²) in [4.78, 5) is 0. The predicted octanol–water partition coefficient (Wildman–Crippen LogP) is 1.80. The summed E-state index contributed by atoms with van der Waals surface area (Å²) in [5.74, 6) is -0.290. The van der Waals surface area contributed by atoms with Crippen LogP contribution in [0.2, 0.25) is 0 Å². The lowest BCUT2D eigenvalue weighted by molar-refractivity contribution is 0.320. The molecule has 0 saturated carbocycles. The number of halogens is 1. The fourth-order valence-corrected chi connectivity index (χ4v) is 3.06. The third-order valence-electron chi connectivity index (χ3n) is 2.12. The Balaban J connectivity index is 3.07. The topological polar surface area (TPSA) is 66.4 Å². The first-order chi connectivity index (χ1) is 7.35. The van der Waals surface area contributed by atoms with Crippen molar-refractivity contribution in [3.8, 4) is 0 Å². The Labute approximate surface area is 104 Å². The Bertz CT molecular complexity index is 462.